The minimum absolute atomic E-state index is 0.0218. The first kappa shape index (κ1) is 37.3. The van der Waals surface area contributed by atoms with Gasteiger partial charge >= 0.3 is 12.1 Å². The van der Waals surface area contributed by atoms with E-state index in [1.54, 1.807) is 48.5 Å². The van der Waals surface area contributed by atoms with Crippen LogP contribution >= 0.6 is 23.2 Å². The van der Waals surface area contributed by atoms with Gasteiger partial charge in [-0.3, -0.25) is 14.8 Å². The first-order valence-corrected chi connectivity index (χ1v) is 17.8. The van der Waals surface area contributed by atoms with Crippen LogP contribution in [0.2, 0.25) is 10.0 Å². The van der Waals surface area contributed by atoms with Crippen LogP contribution in [-0.4, -0.2) is 61.9 Å². The molecule has 52 heavy (non-hydrogen) atoms. The van der Waals surface area contributed by atoms with Gasteiger partial charge in [0.05, 0.1) is 36.4 Å². The van der Waals surface area contributed by atoms with Crippen LogP contribution in [0.4, 0.5) is 19.3 Å². The summed E-state index contributed by atoms with van der Waals surface area (Å²) in [6, 6.07) is 17.5. The van der Waals surface area contributed by atoms with E-state index in [9.17, 15) is 18.4 Å². The smallest absolute Gasteiger partial charge is 0.414 e. The molecule has 4 aromatic rings. The number of amides is 1. The number of ether oxygens (including phenoxy) is 4. The molecule has 3 aromatic carbocycles. The fraction of sp³-hybridized carbons (Fsp3) is 0.359. The topological polar surface area (TPSA) is 90.4 Å². The molecule has 2 fully saturated rings. The zero-order valence-corrected chi connectivity index (χ0v) is 30.3. The van der Waals surface area contributed by atoms with Gasteiger partial charge in [0.25, 0.3) is 6.43 Å². The average Bonchev–Trinajstić information content (AvgIpc) is 3.14. The van der Waals surface area contributed by atoms with Crippen LogP contribution in [0.5, 0.6) is 11.5 Å². The van der Waals surface area contributed by atoms with E-state index in [1.807, 2.05) is 0 Å². The number of rotatable bonds is 12. The van der Waals surface area contributed by atoms with Crippen molar-refractivity contribution in [2.75, 3.05) is 38.8 Å². The van der Waals surface area contributed by atoms with Crippen molar-refractivity contribution in [2.45, 2.75) is 50.9 Å². The van der Waals surface area contributed by atoms with Crippen LogP contribution in [0.15, 0.2) is 79.1 Å². The molecule has 9 nitrogen and oxygen atoms in total. The first-order chi connectivity index (χ1) is 25.1. The summed E-state index contributed by atoms with van der Waals surface area (Å²) in [6.07, 6.45) is 1.64. The monoisotopic (exact) mass is 753 g/mol. The van der Waals surface area contributed by atoms with Gasteiger partial charge in [-0.15, -0.1) is 0 Å². The molecule has 2 saturated heterocycles. The number of carbonyl (C=O) groups excluding carboxylic acids is 2. The molecular weight excluding hydrogens is 715 g/mol. The SMILES string of the molecule is COc1ccc([C@H](Cc2c(Cl)cncc2Cl)OC(=O)c2ccc(CN(C(=O)O[C@@H]3CC4CCCN(C4)C3)c3cccc(C(F)F)c3)cc2)cc1OC. The van der Waals surface area contributed by atoms with Crippen molar-refractivity contribution in [3.05, 3.63) is 117 Å². The van der Waals surface area contributed by atoms with Gasteiger partial charge in [-0.2, -0.15) is 0 Å². The summed E-state index contributed by atoms with van der Waals surface area (Å²) in [7, 11) is 3.03. The highest BCUT2D eigenvalue weighted by Crippen LogP contribution is 2.36. The molecule has 13 heteroatoms. The van der Waals surface area contributed by atoms with Crippen LogP contribution in [0.25, 0.3) is 0 Å². The third-order valence-corrected chi connectivity index (χ3v) is 10.1. The number of esters is 1. The van der Waals surface area contributed by atoms with E-state index >= 15 is 0 Å². The lowest BCUT2D eigenvalue weighted by molar-refractivity contribution is 0.00422. The summed E-state index contributed by atoms with van der Waals surface area (Å²) in [5.74, 6) is 0.799. The third kappa shape index (κ3) is 8.94. The highest BCUT2D eigenvalue weighted by molar-refractivity contribution is 6.35. The molecule has 1 aromatic heterocycles. The summed E-state index contributed by atoms with van der Waals surface area (Å²) in [6.45, 7) is 2.64. The number of carbonyl (C=O) groups is 2. The third-order valence-electron chi connectivity index (χ3n) is 9.48. The van der Waals surface area contributed by atoms with Gasteiger partial charge in [-0.1, -0.05) is 53.5 Å². The Bertz CT molecular complexity index is 1850. The number of fused-ring (bicyclic) bond motifs is 2. The standard InChI is InChI=1S/C39H39Cl2F2N3O6/c1-49-34-13-12-27(17-36(34)50-2)35(18-31-32(40)19-44-20-33(31)41)52-38(47)26-10-8-24(9-11-26)22-46(29-7-3-6-28(16-29)37(42)43)39(48)51-30-15-25-5-4-14-45(21-25)23-30/h3,6-13,16-17,19-20,25,30,35,37H,4-5,14-15,18,21-23H2,1-2H3/t25?,30-,35+/m1/s1. The van der Waals surface area contributed by atoms with Crippen molar-refractivity contribution in [3.63, 3.8) is 0 Å². The summed E-state index contributed by atoms with van der Waals surface area (Å²) in [4.78, 5) is 35.0. The molecule has 0 aliphatic carbocycles. The highest BCUT2D eigenvalue weighted by Gasteiger charge is 2.33. The summed E-state index contributed by atoms with van der Waals surface area (Å²) >= 11 is 12.9. The maximum Gasteiger partial charge on any atom is 0.414 e. The molecular formula is C39H39Cl2F2N3O6. The molecule has 0 N–H and O–H groups in total. The molecule has 2 aliphatic rings. The summed E-state index contributed by atoms with van der Waals surface area (Å²) in [5, 5.41) is 0.647. The number of hydrogen-bond donors (Lipinski definition) is 0. The lowest BCUT2D eigenvalue weighted by Gasteiger charge is -2.41. The lowest BCUT2D eigenvalue weighted by Crippen LogP contribution is -2.49. The number of anilines is 1. The van der Waals surface area contributed by atoms with E-state index in [2.05, 4.69) is 9.88 Å². The lowest BCUT2D eigenvalue weighted by atomic mass is 9.88. The Kier molecular flexibility index (Phi) is 12.1. The van der Waals surface area contributed by atoms with Gasteiger partial charge in [0, 0.05) is 43.2 Å². The van der Waals surface area contributed by atoms with E-state index in [4.69, 9.17) is 42.1 Å². The fourth-order valence-corrected chi connectivity index (χ4v) is 7.37. The van der Waals surface area contributed by atoms with Crippen LogP contribution in [-0.2, 0) is 22.4 Å². The van der Waals surface area contributed by atoms with E-state index < -0.39 is 24.6 Å². The van der Waals surface area contributed by atoms with Crippen molar-refractivity contribution in [3.8, 4) is 11.5 Å². The number of halogens is 4. The van der Waals surface area contributed by atoms with E-state index in [0.717, 1.165) is 32.4 Å². The van der Waals surface area contributed by atoms with Gasteiger partial charge in [0.2, 0.25) is 0 Å². The molecule has 6 rings (SSSR count). The number of hydrogen-bond acceptors (Lipinski definition) is 8. The second-order valence-electron chi connectivity index (χ2n) is 13.0. The quantitative estimate of drug-likeness (QED) is 0.132. The average molecular weight is 755 g/mol. The molecule has 274 valence electrons. The van der Waals surface area contributed by atoms with E-state index in [1.165, 1.54) is 49.7 Å². The molecule has 3 heterocycles. The number of aromatic nitrogens is 1. The molecule has 0 radical (unpaired) electrons. The van der Waals surface area contributed by atoms with Crippen molar-refractivity contribution in [1.29, 1.82) is 0 Å². The zero-order chi connectivity index (χ0) is 36.8. The normalized spacial score (nSPS) is 18.7. The van der Waals surface area contributed by atoms with Gasteiger partial charge in [-0.25, -0.2) is 18.4 Å². The Labute approximate surface area is 311 Å². The van der Waals surface area contributed by atoms with Gasteiger partial charge in [0.15, 0.2) is 11.5 Å². The zero-order valence-electron chi connectivity index (χ0n) is 28.8. The fourth-order valence-electron chi connectivity index (χ4n) is 6.85. The van der Waals surface area contributed by atoms with Crippen molar-refractivity contribution in [1.82, 2.24) is 9.88 Å². The number of nitrogens with zero attached hydrogens (tertiary/aromatic N) is 3. The maximum atomic E-state index is 13.7. The summed E-state index contributed by atoms with van der Waals surface area (Å²) < 4.78 is 50.3. The molecule has 4 atom stereocenters. The molecule has 0 saturated carbocycles. The van der Waals surface area contributed by atoms with Crippen LogP contribution in [0.3, 0.4) is 0 Å². The second kappa shape index (κ2) is 16.9. The second-order valence-corrected chi connectivity index (χ2v) is 13.8. The van der Waals surface area contributed by atoms with E-state index in [0.29, 0.717) is 50.7 Å². The van der Waals surface area contributed by atoms with Gasteiger partial charge in [-0.05, 0) is 84.8 Å². The number of benzene rings is 3. The number of methoxy groups -OCH3 is 2. The molecule has 0 spiro atoms. The maximum absolute atomic E-state index is 13.7. The molecule has 2 bridgehead atoms. The van der Waals surface area contributed by atoms with Gasteiger partial charge < -0.3 is 18.9 Å². The largest absolute Gasteiger partial charge is 0.493 e. The van der Waals surface area contributed by atoms with Crippen molar-refractivity contribution < 1.29 is 37.3 Å². The van der Waals surface area contributed by atoms with Gasteiger partial charge in [0.1, 0.15) is 12.2 Å². The Morgan fingerprint density at radius 1 is 0.942 bits per heavy atom. The predicted octanol–water partition coefficient (Wildman–Crippen LogP) is 9.11. The van der Waals surface area contributed by atoms with Crippen LogP contribution in [0.1, 0.15) is 64.4 Å². The minimum atomic E-state index is -2.71. The molecule has 2 aliphatic heterocycles. The van der Waals surface area contributed by atoms with E-state index in [-0.39, 0.29) is 35.9 Å². The molecule has 2 unspecified atom stereocenters. The first-order valence-electron chi connectivity index (χ1n) is 17.0. The van der Waals surface area contributed by atoms with Crippen molar-refractivity contribution in [2.24, 2.45) is 5.92 Å². The minimum Gasteiger partial charge on any atom is -0.493 e. The Balaban J connectivity index is 1.22. The summed E-state index contributed by atoms with van der Waals surface area (Å²) in [5.41, 5.74) is 2.14. The Hall–Kier alpha value is -4.45. The van der Waals surface area contributed by atoms with Crippen LogP contribution in [0, 0.1) is 5.92 Å². The van der Waals surface area contributed by atoms with Crippen LogP contribution < -0.4 is 14.4 Å². The number of alkyl halides is 2. The predicted molar refractivity (Wildman–Crippen MR) is 194 cm³/mol. The van der Waals surface area contributed by atoms with Crippen molar-refractivity contribution >= 4 is 41.0 Å². The Morgan fingerprint density at radius 3 is 2.38 bits per heavy atom. The Morgan fingerprint density at radius 2 is 1.69 bits per heavy atom. The highest BCUT2D eigenvalue weighted by atomic mass is 35.5. The molecule has 1 amide bonds. The number of pyridine rings is 1. The number of piperidine rings is 2.